The normalized spacial score (nSPS) is 22.9. The molecule has 2 amide bonds. The van der Waals surface area contributed by atoms with Crippen LogP contribution in [-0.2, 0) is 9.53 Å². The van der Waals surface area contributed by atoms with Gasteiger partial charge in [-0.2, -0.15) is 0 Å². The third-order valence-corrected chi connectivity index (χ3v) is 3.09. The molecule has 1 aliphatic rings. The summed E-state index contributed by atoms with van der Waals surface area (Å²) in [5.41, 5.74) is -0.564. The summed E-state index contributed by atoms with van der Waals surface area (Å²) in [4.78, 5) is 24.6. The Morgan fingerprint density at radius 2 is 2.06 bits per heavy atom. The molecule has 1 aliphatic heterocycles. The first-order valence-corrected chi connectivity index (χ1v) is 6.41. The number of amides is 2. The molecule has 5 heteroatoms. The fraction of sp³-hybridized carbons (Fsp3) is 0.818. The van der Waals surface area contributed by atoms with Crippen LogP contribution < -0.4 is 0 Å². The Hall–Kier alpha value is -0.580. The van der Waals surface area contributed by atoms with Crippen LogP contribution in [0.3, 0.4) is 0 Å². The molecule has 4 nitrogen and oxygen atoms in total. The summed E-state index contributed by atoms with van der Waals surface area (Å²) in [5.74, 6) is -0.188. The molecular formula is C11H18BrNO3. The molecule has 1 heterocycles. The quantitative estimate of drug-likeness (QED) is 0.645. The van der Waals surface area contributed by atoms with Crippen molar-refractivity contribution in [3.05, 3.63) is 0 Å². The molecule has 1 atom stereocenters. The van der Waals surface area contributed by atoms with Crippen molar-refractivity contribution >= 4 is 27.9 Å². The number of rotatable bonds is 0. The lowest BCUT2D eigenvalue weighted by Gasteiger charge is -2.25. The van der Waals surface area contributed by atoms with Crippen molar-refractivity contribution in [1.29, 1.82) is 0 Å². The van der Waals surface area contributed by atoms with Gasteiger partial charge in [-0.05, 0) is 33.6 Å². The summed E-state index contributed by atoms with van der Waals surface area (Å²) in [7, 11) is 0. The van der Waals surface area contributed by atoms with Crippen molar-refractivity contribution in [2.75, 3.05) is 6.54 Å². The van der Waals surface area contributed by atoms with Crippen LogP contribution in [-0.4, -0.2) is 33.9 Å². The van der Waals surface area contributed by atoms with Crippen LogP contribution in [0.5, 0.6) is 0 Å². The lowest BCUT2D eigenvalue weighted by Crippen LogP contribution is -2.43. The van der Waals surface area contributed by atoms with E-state index in [1.165, 1.54) is 4.90 Å². The van der Waals surface area contributed by atoms with E-state index in [9.17, 15) is 9.59 Å². The fourth-order valence-corrected chi connectivity index (χ4v) is 2.07. The van der Waals surface area contributed by atoms with E-state index in [1.807, 2.05) is 0 Å². The molecule has 0 bridgehead atoms. The Labute approximate surface area is 104 Å². The van der Waals surface area contributed by atoms with Gasteiger partial charge in [0.25, 0.3) is 0 Å². The maximum absolute atomic E-state index is 11.9. The first kappa shape index (κ1) is 13.5. The van der Waals surface area contributed by atoms with Crippen molar-refractivity contribution in [3.63, 3.8) is 0 Å². The van der Waals surface area contributed by atoms with Crippen molar-refractivity contribution in [3.8, 4) is 0 Å². The predicted octanol–water partition coefficient (Wildman–Crippen LogP) is 2.70. The Morgan fingerprint density at radius 1 is 1.44 bits per heavy atom. The summed E-state index contributed by atoms with van der Waals surface area (Å²) >= 11 is 3.29. The first-order valence-electron chi connectivity index (χ1n) is 5.50. The number of carbonyl (C=O) groups is 2. The van der Waals surface area contributed by atoms with Gasteiger partial charge in [0.2, 0.25) is 5.91 Å². The maximum Gasteiger partial charge on any atom is 0.417 e. The van der Waals surface area contributed by atoms with Gasteiger partial charge in [0, 0.05) is 6.54 Å². The molecule has 0 N–H and O–H groups in total. The number of nitrogens with zero attached hydrogens (tertiary/aromatic N) is 1. The summed E-state index contributed by atoms with van der Waals surface area (Å²) in [6, 6.07) is 0. The first-order chi connectivity index (χ1) is 7.31. The number of alkyl halides is 1. The van der Waals surface area contributed by atoms with Crippen LogP contribution >= 0.6 is 15.9 Å². The molecule has 0 spiro atoms. The number of hydrogen-bond donors (Lipinski definition) is 0. The zero-order valence-electron chi connectivity index (χ0n) is 9.96. The van der Waals surface area contributed by atoms with Gasteiger partial charge in [0.15, 0.2) is 0 Å². The number of halogens is 1. The highest BCUT2D eigenvalue weighted by Crippen LogP contribution is 2.20. The van der Waals surface area contributed by atoms with E-state index in [0.717, 1.165) is 19.3 Å². The van der Waals surface area contributed by atoms with E-state index >= 15 is 0 Å². The van der Waals surface area contributed by atoms with Crippen LogP contribution in [0.2, 0.25) is 0 Å². The third-order valence-electron chi connectivity index (χ3n) is 2.24. The minimum absolute atomic E-state index is 0.188. The second kappa shape index (κ2) is 5.17. The molecule has 0 aliphatic carbocycles. The molecule has 0 unspecified atom stereocenters. The van der Waals surface area contributed by atoms with Crippen molar-refractivity contribution in [1.82, 2.24) is 4.90 Å². The molecule has 0 aromatic heterocycles. The maximum atomic E-state index is 11.9. The minimum atomic E-state index is -0.564. The number of ether oxygens (including phenoxy) is 1. The van der Waals surface area contributed by atoms with Crippen molar-refractivity contribution in [2.45, 2.75) is 50.5 Å². The standard InChI is InChI=1S/C11H18BrNO3/c1-11(2,3)16-10(15)13-7-5-4-6-8(12)9(13)14/h8H,4-7H2,1-3H3/t8-/m1/s1. The summed E-state index contributed by atoms with van der Waals surface area (Å²) in [6.07, 6.45) is 2.02. The number of hydrogen-bond acceptors (Lipinski definition) is 3. The average Bonchev–Trinajstić information content (AvgIpc) is 2.27. The average molecular weight is 292 g/mol. The fourth-order valence-electron chi connectivity index (χ4n) is 1.49. The van der Waals surface area contributed by atoms with Gasteiger partial charge >= 0.3 is 6.09 Å². The van der Waals surface area contributed by atoms with Gasteiger partial charge in [-0.25, -0.2) is 9.69 Å². The highest BCUT2D eigenvalue weighted by molar-refractivity contribution is 9.10. The lowest BCUT2D eigenvalue weighted by molar-refractivity contribution is -0.129. The highest BCUT2D eigenvalue weighted by atomic mass is 79.9. The van der Waals surface area contributed by atoms with Gasteiger partial charge in [0.1, 0.15) is 5.60 Å². The predicted molar refractivity (Wildman–Crippen MR) is 64.5 cm³/mol. The van der Waals surface area contributed by atoms with Crippen LogP contribution in [0.1, 0.15) is 40.0 Å². The highest BCUT2D eigenvalue weighted by Gasteiger charge is 2.32. The van der Waals surface area contributed by atoms with E-state index in [1.54, 1.807) is 20.8 Å². The molecular weight excluding hydrogens is 274 g/mol. The molecule has 1 fully saturated rings. The second-order valence-electron chi connectivity index (χ2n) is 4.93. The van der Waals surface area contributed by atoms with Gasteiger partial charge < -0.3 is 4.74 Å². The SMILES string of the molecule is CC(C)(C)OC(=O)N1CCCC[C@@H](Br)C1=O. The van der Waals surface area contributed by atoms with Crippen LogP contribution in [0.25, 0.3) is 0 Å². The van der Waals surface area contributed by atoms with Gasteiger partial charge in [-0.3, -0.25) is 4.79 Å². The second-order valence-corrected chi connectivity index (χ2v) is 6.04. The van der Waals surface area contributed by atoms with Gasteiger partial charge in [0.05, 0.1) is 4.83 Å². The zero-order valence-corrected chi connectivity index (χ0v) is 11.5. The minimum Gasteiger partial charge on any atom is -0.443 e. The largest absolute Gasteiger partial charge is 0.443 e. The Balaban J connectivity index is 2.69. The van der Waals surface area contributed by atoms with E-state index in [-0.39, 0.29) is 10.7 Å². The monoisotopic (exact) mass is 291 g/mol. The smallest absolute Gasteiger partial charge is 0.417 e. The number of carbonyl (C=O) groups excluding carboxylic acids is 2. The van der Waals surface area contributed by atoms with E-state index in [0.29, 0.717) is 6.54 Å². The van der Waals surface area contributed by atoms with Crippen LogP contribution in [0.4, 0.5) is 4.79 Å². The van der Waals surface area contributed by atoms with Crippen LogP contribution in [0.15, 0.2) is 0 Å². The molecule has 16 heavy (non-hydrogen) atoms. The molecule has 0 aromatic rings. The Kier molecular flexibility index (Phi) is 4.35. The van der Waals surface area contributed by atoms with E-state index in [2.05, 4.69) is 15.9 Å². The molecule has 92 valence electrons. The van der Waals surface area contributed by atoms with E-state index < -0.39 is 11.7 Å². The molecule has 1 saturated heterocycles. The van der Waals surface area contributed by atoms with Gasteiger partial charge in [-0.1, -0.05) is 22.4 Å². The molecule has 0 radical (unpaired) electrons. The molecule has 1 rings (SSSR count). The van der Waals surface area contributed by atoms with Crippen molar-refractivity contribution < 1.29 is 14.3 Å². The number of likely N-dealkylation sites (tertiary alicyclic amines) is 1. The zero-order chi connectivity index (χ0) is 12.3. The summed E-state index contributed by atoms with van der Waals surface area (Å²) < 4.78 is 5.20. The topological polar surface area (TPSA) is 46.6 Å². The molecule has 0 aromatic carbocycles. The lowest BCUT2D eigenvalue weighted by atomic mass is 10.2. The summed E-state index contributed by atoms with van der Waals surface area (Å²) in [5, 5.41) is 0. The summed E-state index contributed by atoms with van der Waals surface area (Å²) in [6.45, 7) is 5.83. The Bertz CT molecular complexity index is 285. The third kappa shape index (κ3) is 3.77. The number of imide groups is 1. The van der Waals surface area contributed by atoms with Gasteiger partial charge in [-0.15, -0.1) is 0 Å². The Morgan fingerprint density at radius 3 is 2.62 bits per heavy atom. The van der Waals surface area contributed by atoms with Crippen molar-refractivity contribution in [2.24, 2.45) is 0 Å². The van der Waals surface area contributed by atoms with Crippen LogP contribution in [0, 0.1) is 0 Å². The van der Waals surface area contributed by atoms with E-state index in [4.69, 9.17) is 4.74 Å². The molecule has 0 saturated carbocycles.